The molecule has 2 aromatic rings. The zero-order valence-electron chi connectivity index (χ0n) is 14.5. The van der Waals surface area contributed by atoms with E-state index in [9.17, 15) is 0 Å². The molecule has 2 saturated heterocycles. The summed E-state index contributed by atoms with van der Waals surface area (Å²) in [5, 5.41) is 7.51. The molecule has 4 rings (SSSR count). The van der Waals surface area contributed by atoms with Crippen molar-refractivity contribution in [1.82, 2.24) is 20.4 Å². The first-order valence-electron chi connectivity index (χ1n) is 9.13. The third-order valence-corrected chi connectivity index (χ3v) is 5.08. The van der Waals surface area contributed by atoms with Crippen LogP contribution in [0.3, 0.4) is 0 Å². The van der Waals surface area contributed by atoms with E-state index < -0.39 is 0 Å². The largest absolute Gasteiger partial charge is 0.357 e. The molecule has 0 spiro atoms. The molecular weight excluding hydrogens is 338 g/mol. The molecule has 0 bridgehead atoms. The molecule has 1 N–H and O–H groups in total. The Kier molecular flexibility index (Phi) is 6.26. The highest BCUT2D eigenvalue weighted by molar-refractivity contribution is 5.85. The van der Waals surface area contributed by atoms with Gasteiger partial charge in [-0.3, -0.25) is 0 Å². The average molecular weight is 364 g/mol. The lowest BCUT2D eigenvalue weighted by Crippen LogP contribution is -2.29. The predicted octanol–water partition coefficient (Wildman–Crippen LogP) is 3.09. The second-order valence-corrected chi connectivity index (χ2v) is 6.86. The Balaban J connectivity index is 0.00000182. The third-order valence-electron chi connectivity index (χ3n) is 5.08. The minimum Gasteiger partial charge on any atom is -0.357 e. The number of aryl methyl sites for hydroxylation is 1. The van der Waals surface area contributed by atoms with E-state index >= 15 is 0 Å². The Hall–Kier alpha value is -1.66. The first-order valence-corrected chi connectivity index (χ1v) is 9.13. The van der Waals surface area contributed by atoms with Gasteiger partial charge in [-0.05, 0) is 63.2 Å². The van der Waals surface area contributed by atoms with Gasteiger partial charge in [-0.2, -0.15) is 4.98 Å². The van der Waals surface area contributed by atoms with Crippen LogP contribution in [0.25, 0.3) is 11.4 Å². The standard InChI is InChI=1S/C18H25N5O.ClH/c1-2-10-23(11-3-1)16-6-5-15(13-20-16)18-21-17(24-22-18)7-4-14-8-9-19-12-14;/h5-6,13-14,19H,1-4,7-12H2;1H. The zero-order valence-corrected chi connectivity index (χ0v) is 15.3. The molecule has 0 radical (unpaired) electrons. The summed E-state index contributed by atoms with van der Waals surface area (Å²) in [5.74, 6) is 3.17. The lowest BCUT2D eigenvalue weighted by atomic mass is 10.0. The van der Waals surface area contributed by atoms with Gasteiger partial charge in [-0.15, -0.1) is 12.4 Å². The summed E-state index contributed by atoms with van der Waals surface area (Å²) >= 11 is 0. The Morgan fingerprint density at radius 2 is 2.08 bits per heavy atom. The zero-order chi connectivity index (χ0) is 16.2. The van der Waals surface area contributed by atoms with Crippen molar-refractivity contribution in [2.24, 2.45) is 5.92 Å². The lowest BCUT2D eigenvalue weighted by molar-refractivity contribution is 0.365. The predicted molar refractivity (Wildman–Crippen MR) is 100 cm³/mol. The summed E-state index contributed by atoms with van der Waals surface area (Å²) in [5.41, 5.74) is 0.924. The molecule has 2 aliphatic rings. The molecule has 0 aromatic carbocycles. The number of rotatable bonds is 5. The first-order chi connectivity index (χ1) is 11.9. The van der Waals surface area contributed by atoms with Gasteiger partial charge < -0.3 is 14.7 Å². The summed E-state index contributed by atoms with van der Waals surface area (Å²) in [6, 6.07) is 4.12. The highest BCUT2D eigenvalue weighted by atomic mass is 35.5. The fourth-order valence-electron chi connectivity index (χ4n) is 3.59. The Labute approximate surface area is 154 Å². The van der Waals surface area contributed by atoms with E-state index in [1.807, 2.05) is 12.3 Å². The molecule has 2 aliphatic heterocycles. The molecule has 6 nitrogen and oxygen atoms in total. The summed E-state index contributed by atoms with van der Waals surface area (Å²) in [6.07, 6.45) is 8.93. The van der Waals surface area contributed by atoms with Gasteiger partial charge in [-0.1, -0.05) is 5.16 Å². The van der Waals surface area contributed by atoms with E-state index in [0.29, 0.717) is 5.82 Å². The van der Waals surface area contributed by atoms with E-state index in [1.54, 1.807) is 0 Å². The summed E-state index contributed by atoms with van der Waals surface area (Å²) < 4.78 is 5.41. The molecule has 25 heavy (non-hydrogen) atoms. The number of pyridine rings is 1. The monoisotopic (exact) mass is 363 g/mol. The van der Waals surface area contributed by atoms with E-state index in [0.717, 1.165) is 62.2 Å². The van der Waals surface area contributed by atoms with Crippen molar-refractivity contribution < 1.29 is 4.52 Å². The van der Waals surface area contributed by atoms with Gasteiger partial charge in [0.25, 0.3) is 0 Å². The van der Waals surface area contributed by atoms with Crippen molar-refractivity contribution in [3.63, 3.8) is 0 Å². The number of hydrogen-bond donors (Lipinski definition) is 1. The van der Waals surface area contributed by atoms with Crippen LogP contribution < -0.4 is 10.2 Å². The normalized spacial score (nSPS) is 20.5. The van der Waals surface area contributed by atoms with E-state index in [1.165, 1.54) is 25.7 Å². The molecule has 4 heterocycles. The van der Waals surface area contributed by atoms with Crippen molar-refractivity contribution in [1.29, 1.82) is 0 Å². The molecule has 0 amide bonds. The minimum absolute atomic E-state index is 0. The molecule has 7 heteroatoms. The van der Waals surface area contributed by atoms with E-state index in [4.69, 9.17) is 4.52 Å². The SMILES string of the molecule is Cl.c1cc(N2CCCCC2)ncc1-c1noc(CCC2CCNC2)n1. The van der Waals surface area contributed by atoms with Crippen LogP contribution in [-0.4, -0.2) is 41.3 Å². The molecule has 0 aliphatic carbocycles. The first kappa shape index (κ1) is 18.1. The van der Waals surface area contributed by atoms with E-state index in [-0.39, 0.29) is 12.4 Å². The maximum Gasteiger partial charge on any atom is 0.226 e. The Bertz CT molecular complexity index is 648. The van der Waals surface area contributed by atoms with Gasteiger partial charge in [0, 0.05) is 31.3 Å². The van der Waals surface area contributed by atoms with Crippen LogP contribution in [0.15, 0.2) is 22.9 Å². The lowest BCUT2D eigenvalue weighted by Gasteiger charge is -2.27. The number of piperidine rings is 1. The maximum atomic E-state index is 5.41. The van der Waals surface area contributed by atoms with Gasteiger partial charge in [0.1, 0.15) is 5.82 Å². The van der Waals surface area contributed by atoms with Gasteiger partial charge in [0.05, 0.1) is 0 Å². The second-order valence-electron chi connectivity index (χ2n) is 6.86. The van der Waals surface area contributed by atoms with Gasteiger partial charge in [-0.25, -0.2) is 4.98 Å². The third kappa shape index (κ3) is 4.50. The molecule has 2 fully saturated rings. The molecule has 1 atom stereocenters. The van der Waals surface area contributed by atoms with Crippen LogP contribution in [0.4, 0.5) is 5.82 Å². The van der Waals surface area contributed by atoms with Crippen molar-refractivity contribution >= 4 is 18.2 Å². The second kappa shape index (κ2) is 8.63. The topological polar surface area (TPSA) is 67.1 Å². The smallest absolute Gasteiger partial charge is 0.226 e. The average Bonchev–Trinajstić information content (AvgIpc) is 3.33. The van der Waals surface area contributed by atoms with Gasteiger partial charge in [0.2, 0.25) is 11.7 Å². The Morgan fingerprint density at radius 3 is 2.80 bits per heavy atom. The molecule has 136 valence electrons. The van der Waals surface area contributed by atoms with Crippen molar-refractivity contribution in [3.8, 4) is 11.4 Å². The minimum atomic E-state index is 0. The molecule has 1 unspecified atom stereocenters. The highest BCUT2D eigenvalue weighted by Crippen LogP contribution is 2.22. The summed E-state index contributed by atoms with van der Waals surface area (Å²) in [6.45, 7) is 4.46. The number of nitrogens with zero attached hydrogens (tertiary/aromatic N) is 4. The van der Waals surface area contributed by atoms with E-state index in [2.05, 4.69) is 31.4 Å². The number of nitrogens with one attached hydrogen (secondary N) is 1. The maximum absolute atomic E-state index is 5.41. The fraction of sp³-hybridized carbons (Fsp3) is 0.611. The highest BCUT2D eigenvalue weighted by Gasteiger charge is 2.17. The van der Waals surface area contributed by atoms with Crippen molar-refractivity contribution in [3.05, 3.63) is 24.2 Å². The summed E-state index contributed by atoms with van der Waals surface area (Å²) in [7, 11) is 0. The van der Waals surface area contributed by atoms with Crippen LogP contribution >= 0.6 is 12.4 Å². The number of halogens is 1. The molecule has 2 aromatic heterocycles. The number of anilines is 1. The van der Waals surface area contributed by atoms with Crippen molar-refractivity contribution in [2.45, 2.75) is 38.5 Å². The Morgan fingerprint density at radius 1 is 1.20 bits per heavy atom. The van der Waals surface area contributed by atoms with Crippen LogP contribution in [-0.2, 0) is 6.42 Å². The van der Waals surface area contributed by atoms with Crippen LogP contribution in [0.2, 0.25) is 0 Å². The number of hydrogen-bond acceptors (Lipinski definition) is 6. The molecule has 0 saturated carbocycles. The van der Waals surface area contributed by atoms with Crippen LogP contribution in [0.5, 0.6) is 0 Å². The molecular formula is C18H26ClN5O. The quantitative estimate of drug-likeness (QED) is 0.880. The van der Waals surface area contributed by atoms with Gasteiger partial charge >= 0.3 is 0 Å². The van der Waals surface area contributed by atoms with Crippen molar-refractivity contribution in [2.75, 3.05) is 31.1 Å². The van der Waals surface area contributed by atoms with Gasteiger partial charge in [0.15, 0.2) is 0 Å². The fourth-order valence-corrected chi connectivity index (χ4v) is 3.59. The van der Waals surface area contributed by atoms with Crippen LogP contribution in [0.1, 0.15) is 38.0 Å². The van der Waals surface area contributed by atoms with Crippen LogP contribution in [0, 0.1) is 5.92 Å². The summed E-state index contributed by atoms with van der Waals surface area (Å²) in [4.78, 5) is 11.5. The number of aromatic nitrogens is 3.